The lowest BCUT2D eigenvalue weighted by Crippen LogP contribution is -2.29. The normalized spacial score (nSPS) is 24.1. The van der Waals surface area contributed by atoms with E-state index in [0.29, 0.717) is 13.0 Å². The predicted molar refractivity (Wildman–Crippen MR) is 62.8 cm³/mol. The van der Waals surface area contributed by atoms with E-state index in [-0.39, 0.29) is 17.7 Å². The van der Waals surface area contributed by atoms with Crippen LogP contribution in [0.5, 0.6) is 0 Å². The first-order valence-electron chi connectivity index (χ1n) is 5.49. The van der Waals surface area contributed by atoms with Gasteiger partial charge in [0.1, 0.15) is 0 Å². The van der Waals surface area contributed by atoms with Crippen LogP contribution < -0.4 is 5.32 Å². The average molecular weight is 254 g/mol. The van der Waals surface area contributed by atoms with Gasteiger partial charge in [-0.1, -0.05) is 6.92 Å². The number of nitrogens with one attached hydrogen (secondary N) is 1. The Bertz CT molecular complexity index is 418. The number of thiazole rings is 1. The van der Waals surface area contributed by atoms with Crippen LogP contribution in [0.15, 0.2) is 11.6 Å². The summed E-state index contributed by atoms with van der Waals surface area (Å²) < 4.78 is 0. The highest BCUT2D eigenvalue weighted by atomic mass is 32.1. The van der Waals surface area contributed by atoms with Crippen LogP contribution in [0.1, 0.15) is 24.3 Å². The zero-order valence-electron chi connectivity index (χ0n) is 9.42. The van der Waals surface area contributed by atoms with Crippen molar-refractivity contribution >= 4 is 23.2 Å². The number of nitrogens with zero attached hydrogens (tertiary/aromatic N) is 1. The van der Waals surface area contributed by atoms with Crippen LogP contribution in [-0.2, 0) is 9.59 Å². The van der Waals surface area contributed by atoms with Crippen LogP contribution in [0.4, 0.5) is 0 Å². The summed E-state index contributed by atoms with van der Waals surface area (Å²) in [5.74, 6) is -1.68. The molecule has 1 amide bonds. The van der Waals surface area contributed by atoms with Crippen LogP contribution in [0.2, 0.25) is 0 Å². The Balaban J connectivity index is 1.76. The predicted octanol–water partition coefficient (Wildman–Crippen LogP) is 1.08. The summed E-state index contributed by atoms with van der Waals surface area (Å²) in [6.45, 7) is 2.50. The van der Waals surface area contributed by atoms with E-state index in [1.54, 1.807) is 17.5 Å². The molecule has 2 N–H and O–H groups in total. The number of hydrogen-bond donors (Lipinski definition) is 2. The highest BCUT2D eigenvalue weighted by molar-refractivity contribution is 7.09. The summed E-state index contributed by atoms with van der Waals surface area (Å²) in [6.07, 6.45) is 2.20. The van der Waals surface area contributed by atoms with Crippen molar-refractivity contribution in [2.24, 2.45) is 11.8 Å². The number of carbonyl (C=O) groups excluding carboxylic acids is 1. The third-order valence-electron chi connectivity index (χ3n) is 2.90. The molecule has 0 spiro atoms. The zero-order valence-corrected chi connectivity index (χ0v) is 10.2. The minimum Gasteiger partial charge on any atom is -0.481 e. The van der Waals surface area contributed by atoms with Gasteiger partial charge < -0.3 is 10.4 Å². The van der Waals surface area contributed by atoms with Gasteiger partial charge in [-0.15, -0.1) is 11.3 Å². The lowest BCUT2D eigenvalue weighted by Gasteiger charge is -2.09. The topological polar surface area (TPSA) is 79.3 Å². The number of aromatic nitrogens is 1. The maximum Gasteiger partial charge on any atom is 0.307 e. The maximum atomic E-state index is 11.6. The highest BCUT2D eigenvalue weighted by Gasteiger charge is 2.48. The van der Waals surface area contributed by atoms with E-state index in [1.165, 1.54) is 0 Å². The minimum atomic E-state index is -0.877. The quantitative estimate of drug-likeness (QED) is 0.824. The number of carboxylic acid groups (broad SMARTS) is 1. The van der Waals surface area contributed by atoms with Gasteiger partial charge in [-0.25, -0.2) is 4.98 Å². The van der Waals surface area contributed by atoms with Crippen LogP contribution in [0.25, 0.3) is 0 Å². The van der Waals surface area contributed by atoms with Gasteiger partial charge in [0.05, 0.1) is 16.8 Å². The monoisotopic (exact) mass is 254 g/mol. The lowest BCUT2D eigenvalue weighted by molar-refractivity contribution is -0.140. The highest BCUT2D eigenvalue weighted by Crippen LogP contribution is 2.38. The summed E-state index contributed by atoms with van der Waals surface area (Å²) in [7, 11) is 0. The Kier molecular flexibility index (Phi) is 3.42. The Morgan fingerprint density at radius 3 is 2.94 bits per heavy atom. The average Bonchev–Trinajstić information content (AvgIpc) is 2.93. The number of hydrogen-bond acceptors (Lipinski definition) is 4. The largest absolute Gasteiger partial charge is 0.481 e. The van der Waals surface area contributed by atoms with Crippen LogP contribution >= 0.6 is 11.3 Å². The first-order valence-corrected chi connectivity index (χ1v) is 6.37. The Morgan fingerprint density at radius 2 is 2.41 bits per heavy atom. The molecule has 92 valence electrons. The molecule has 1 heterocycles. The van der Waals surface area contributed by atoms with Crippen molar-refractivity contribution in [3.8, 4) is 0 Å². The van der Waals surface area contributed by atoms with Crippen LogP contribution in [0.3, 0.4) is 0 Å². The number of carbonyl (C=O) groups is 2. The van der Waals surface area contributed by atoms with E-state index in [4.69, 9.17) is 5.11 Å². The Labute approximate surface area is 103 Å². The minimum absolute atomic E-state index is 0.152. The molecule has 6 heteroatoms. The van der Waals surface area contributed by atoms with Gasteiger partial charge in [-0.05, 0) is 6.42 Å². The van der Waals surface area contributed by atoms with Crippen LogP contribution in [0, 0.1) is 11.8 Å². The van der Waals surface area contributed by atoms with Gasteiger partial charge in [0.15, 0.2) is 0 Å². The first kappa shape index (κ1) is 12.0. The molecule has 2 rings (SSSR count). The van der Waals surface area contributed by atoms with Crippen LogP contribution in [-0.4, -0.2) is 28.5 Å². The molecule has 0 aliphatic heterocycles. The Hall–Kier alpha value is -1.43. The van der Waals surface area contributed by atoms with Crippen molar-refractivity contribution in [2.75, 3.05) is 6.54 Å². The molecule has 0 aromatic carbocycles. The van der Waals surface area contributed by atoms with Gasteiger partial charge in [0.2, 0.25) is 5.91 Å². The van der Waals surface area contributed by atoms with Gasteiger partial charge in [-0.2, -0.15) is 0 Å². The molecule has 0 saturated heterocycles. The van der Waals surface area contributed by atoms with E-state index in [0.717, 1.165) is 5.01 Å². The fourth-order valence-corrected chi connectivity index (χ4v) is 2.41. The molecule has 0 radical (unpaired) electrons. The van der Waals surface area contributed by atoms with E-state index in [1.807, 2.05) is 12.3 Å². The third kappa shape index (κ3) is 2.82. The lowest BCUT2D eigenvalue weighted by atomic mass is 10.2. The molecule has 17 heavy (non-hydrogen) atoms. The molecular weight excluding hydrogens is 240 g/mol. The molecule has 1 saturated carbocycles. The molecule has 0 bridgehead atoms. The summed E-state index contributed by atoms with van der Waals surface area (Å²) >= 11 is 1.56. The van der Waals surface area contributed by atoms with E-state index < -0.39 is 11.9 Å². The molecule has 1 aromatic heterocycles. The second kappa shape index (κ2) is 4.83. The SMILES string of the molecule is CC(CNC(=O)C1CC1C(=O)O)c1nccs1. The Morgan fingerprint density at radius 1 is 1.65 bits per heavy atom. The van der Waals surface area contributed by atoms with Gasteiger partial charge in [0, 0.05) is 24.0 Å². The molecule has 1 aliphatic rings. The zero-order chi connectivity index (χ0) is 12.4. The second-order valence-corrected chi connectivity index (χ2v) is 5.23. The summed E-state index contributed by atoms with van der Waals surface area (Å²) in [4.78, 5) is 26.4. The summed E-state index contributed by atoms with van der Waals surface area (Å²) in [5.41, 5.74) is 0. The second-order valence-electron chi connectivity index (χ2n) is 4.30. The van der Waals surface area contributed by atoms with E-state index >= 15 is 0 Å². The molecule has 1 aliphatic carbocycles. The van der Waals surface area contributed by atoms with E-state index in [2.05, 4.69) is 10.3 Å². The number of amides is 1. The van der Waals surface area contributed by atoms with Crippen molar-refractivity contribution in [3.05, 3.63) is 16.6 Å². The molecule has 3 atom stereocenters. The fourth-order valence-electron chi connectivity index (χ4n) is 1.71. The molecule has 1 fully saturated rings. The first-order chi connectivity index (χ1) is 8.09. The molecule has 1 aromatic rings. The number of rotatable bonds is 5. The summed E-state index contributed by atoms with van der Waals surface area (Å²) in [5, 5.41) is 14.4. The van der Waals surface area contributed by atoms with Gasteiger partial charge in [-0.3, -0.25) is 9.59 Å². The van der Waals surface area contributed by atoms with Crippen molar-refractivity contribution in [1.29, 1.82) is 0 Å². The van der Waals surface area contributed by atoms with Crippen molar-refractivity contribution in [3.63, 3.8) is 0 Å². The third-order valence-corrected chi connectivity index (χ3v) is 3.91. The van der Waals surface area contributed by atoms with Crippen molar-refractivity contribution < 1.29 is 14.7 Å². The number of carboxylic acids is 1. The van der Waals surface area contributed by atoms with E-state index in [9.17, 15) is 9.59 Å². The smallest absolute Gasteiger partial charge is 0.307 e. The standard InChI is InChI=1S/C11H14N2O3S/c1-6(10-12-2-3-17-10)5-13-9(14)7-4-8(7)11(15)16/h2-3,6-8H,4-5H2,1H3,(H,13,14)(H,15,16). The molecular formula is C11H14N2O3S. The maximum absolute atomic E-state index is 11.6. The number of aliphatic carboxylic acids is 1. The van der Waals surface area contributed by atoms with Crippen molar-refractivity contribution in [2.45, 2.75) is 19.3 Å². The fraction of sp³-hybridized carbons (Fsp3) is 0.545. The van der Waals surface area contributed by atoms with Crippen molar-refractivity contribution in [1.82, 2.24) is 10.3 Å². The summed E-state index contributed by atoms with van der Waals surface area (Å²) in [6, 6.07) is 0. The van der Waals surface area contributed by atoms with Gasteiger partial charge >= 0.3 is 5.97 Å². The molecule has 3 unspecified atom stereocenters. The van der Waals surface area contributed by atoms with Gasteiger partial charge in [0.25, 0.3) is 0 Å². The molecule has 5 nitrogen and oxygen atoms in total.